The smallest absolute Gasteiger partial charge is 0.117 e. The van der Waals surface area contributed by atoms with Crippen molar-refractivity contribution in [3.05, 3.63) is 35.8 Å². The van der Waals surface area contributed by atoms with Gasteiger partial charge < -0.3 is 9.73 Å². The summed E-state index contributed by atoms with van der Waals surface area (Å²) in [5.41, 5.74) is 1.14. The van der Waals surface area contributed by atoms with Crippen molar-refractivity contribution in [1.29, 1.82) is 0 Å². The molecular formula is C10H15NO. The van der Waals surface area contributed by atoms with Gasteiger partial charge in [0.1, 0.15) is 11.5 Å². The molecule has 0 aliphatic rings. The first-order valence-electron chi connectivity index (χ1n) is 4.09. The van der Waals surface area contributed by atoms with E-state index < -0.39 is 0 Å². The van der Waals surface area contributed by atoms with Crippen molar-refractivity contribution in [2.45, 2.75) is 20.4 Å². The van der Waals surface area contributed by atoms with Gasteiger partial charge in [0.2, 0.25) is 0 Å². The van der Waals surface area contributed by atoms with Gasteiger partial charge in [-0.25, -0.2) is 0 Å². The van der Waals surface area contributed by atoms with Gasteiger partial charge in [0.25, 0.3) is 0 Å². The van der Waals surface area contributed by atoms with E-state index in [9.17, 15) is 0 Å². The molecule has 2 nitrogen and oxygen atoms in total. The van der Waals surface area contributed by atoms with E-state index in [-0.39, 0.29) is 0 Å². The summed E-state index contributed by atoms with van der Waals surface area (Å²) in [6.07, 6.45) is 0. The van der Waals surface area contributed by atoms with Gasteiger partial charge in [-0.15, -0.1) is 0 Å². The lowest BCUT2D eigenvalue weighted by Crippen LogP contribution is -2.14. The largest absolute Gasteiger partial charge is 0.465 e. The lowest BCUT2D eigenvalue weighted by atomic mass is 10.3. The molecule has 2 heteroatoms. The number of aryl methyl sites for hydroxylation is 1. The Bertz CT molecular complexity index is 263. The van der Waals surface area contributed by atoms with E-state index in [4.69, 9.17) is 4.42 Å². The minimum absolute atomic E-state index is 0.778. The molecule has 12 heavy (non-hydrogen) atoms. The molecule has 0 aliphatic carbocycles. The number of nitrogens with one attached hydrogen (secondary N) is 1. The fourth-order valence-electron chi connectivity index (χ4n) is 0.979. The summed E-state index contributed by atoms with van der Waals surface area (Å²) in [5, 5.41) is 3.22. The number of rotatable bonds is 4. The van der Waals surface area contributed by atoms with Crippen LogP contribution in [0.5, 0.6) is 0 Å². The number of hydrogen-bond acceptors (Lipinski definition) is 2. The van der Waals surface area contributed by atoms with Crippen LogP contribution < -0.4 is 5.32 Å². The molecule has 66 valence electrons. The summed E-state index contributed by atoms with van der Waals surface area (Å²) >= 11 is 0. The number of hydrogen-bond donors (Lipinski definition) is 1. The minimum atomic E-state index is 0.778. The molecule has 0 radical (unpaired) electrons. The quantitative estimate of drug-likeness (QED) is 0.692. The van der Waals surface area contributed by atoms with Gasteiger partial charge in [-0.2, -0.15) is 0 Å². The van der Waals surface area contributed by atoms with Gasteiger partial charge >= 0.3 is 0 Å². The van der Waals surface area contributed by atoms with E-state index in [0.717, 1.165) is 30.2 Å². The monoisotopic (exact) mass is 165 g/mol. The first-order chi connectivity index (χ1) is 5.68. The second kappa shape index (κ2) is 4.12. The van der Waals surface area contributed by atoms with Crippen molar-refractivity contribution in [3.63, 3.8) is 0 Å². The van der Waals surface area contributed by atoms with Gasteiger partial charge in [-0.3, -0.25) is 0 Å². The highest BCUT2D eigenvalue weighted by Gasteiger charge is 1.96. The highest BCUT2D eigenvalue weighted by molar-refractivity contribution is 5.05. The molecule has 0 fully saturated rings. The average molecular weight is 165 g/mol. The average Bonchev–Trinajstić information content (AvgIpc) is 2.35. The third-order valence-corrected chi connectivity index (χ3v) is 1.52. The van der Waals surface area contributed by atoms with E-state index in [1.165, 1.54) is 0 Å². The van der Waals surface area contributed by atoms with Gasteiger partial charge in [0.05, 0.1) is 6.54 Å². The van der Waals surface area contributed by atoms with Crippen molar-refractivity contribution in [2.75, 3.05) is 6.54 Å². The maximum atomic E-state index is 5.37. The Morgan fingerprint density at radius 2 is 2.33 bits per heavy atom. The summed E-state index contributed by atoms with van der Waals surface area (Å²) in [6, 6.07) is 3.96. The molecule has 0 unspecified atom stereocenters. The van der Waals surface area contributed by atoms with E-state index in [2.05, 4.69) is 11.9 Å². The van der Waals surface area contributed by atoms with E-state index in [0.29, 0.717) is 0 Å². The van der Waals surface area contributed by atoms with Crippen LogP contribution in [0, 0.1) is 6.92 Å². The molecule has 1 aromatic heterocycles. The highest BCUT2D eigenvalue weighted by atomic mass is 16.3. The van der Waals surface area contributed by atoms with E-state index in [1.807, 2.05) is 26.0 Å². The summed E-state index contributed by atoms with van der Waals surface area (Å²) in [7, 11) is 0. The Kier molecular flexibility index (Phi) is 3.11. The van der Waals surface area contributed by atoms with Crippen LogP contribution in [0.4, 0.5) is 0 Å². The zero-order valence-corrected chi connectivity index (χ0v) is 7.68. The molecule has 0 spiro atoms. The van der Waals surface area contributed by atoms with E-state index in [1.54, 1.807) is 0 Å². The zero-order chi connectivity index (χ0) is 8.97. The first-order valence-corrected chi connectivity index (χ1v) is 4.09. The van der Waals surface area contributed by atoms with Crippen molar-refractivity contribution in [3.8, 4) is 0 Å². The van der Waals surface area contributed by atoms with Crippen molar-refractivity contribution >= 4 is 0 Å². The fourth-order valence-corrected chi connectivity index (χ4v) is 0.979. The van der Waals surface area contributed by atoms with Crippen molar-refractivity contribution < 1.29 is 4.42 Å². The molecule has 1 heterocycles. The fraction of sp³-hybridized carbons (Fsp3) is 0.400. The van der Waals surface area contributed by atoms with Crippen LogP contribution in [0.25, 0.3) is 0 Å². The molecule has 1 N–H and O–H groups in total. The SMILES string of the molecule is C=C(C)CNCc1ccc(C)o1. The molecule has 0 aromatic carbocycles. The first kappa shape index (κ1) is 9.07. The summed E-state index contributed by atoms with van der Waals surface area (Å²) < 4.78 is 5.37. The second-order valence-corrected chi connectivity index (χ2v) is 3.07. The molecule has 0 amide bonds. The minimum Gasteiger partial charge on any atom is -0.465 e. The zero-order valence-electron chi connectivity index (χ0n) is 7.68. The lowest BCUT2D eigenvalue weighted by molar-refractivity contribution is 0.466. The number of furan rings is 1. The topological polar surface area (TPSA) is 25.2 Å². The van der Waals surface area contributed by atoms with E-state index >= 15 is 0 Å². The van der Waals surface area contributed by atoms with Crippen molar-refractivity contribution in [2.24, 2.45) is 0 Å². The normalized spacial score (nSPS) is 10.2. The van der Waals surface area contributed by atoms with Crippen LogP contribution in [-0.4, -0.2) is 6.54 Å². The van der Waals surface area contributed by atoms with Crippen LogP contribution >= 0.6 is 0 Å². The standard InChI is InChI=1S/C10H15NO/c1-8(2)6-11-7-10-5-4-9(3)12-10/h4-5,11H,1,6-7H2,2-3H3. The predicted octanol–water partition coefficient (Wildman–Crippen LogP) is 2.25. The summed E-state index contributed by atoms with van der Waals surface area (Å²) in [4.78, 5) is 0. The molecule has 1 aromatic rings. The third-order valence-electron chi connectivity index (χ3n) is 1.52. The Hall–Kier alpha value is -1.02. The molecule has 1 rings (SSSR count). The predicted molar refractivity (Wildman–Crippen MR) is 50.0 cm³/mol. The molecule has 0 aliphatic heterocycles. The Balaban J connectivity index is 2.29. The van der Waals surface area contributed by atoms with Crippen LogP contribution in [0.3, 0.4) is 0 Å². The van der Waals surface area contributed by atoms with Crippen LogP contribution in [-0.2, 0) is 6.54 Å². The molecule has 0 bridgehead atoms. The molecule has 0 saturated heterocycles. The van der Waals surface area contributed by atoms with Crippen LogP contribution in [0.2, 0.25) is 0 Å². The van der Waals surface area contributed by atoms with Crippen molar-refractivity contribution in [1.82, 2.24) is 5.32 Å². The van der Waals surface area contributed by atoms with Crippen LogP contribution in [0.1, 0.15) is 18.4 Å². The molecular weight excluding hydrogens is 150 g/mol. The molecule has 0 saturated carbocycles. The van der Waals surface area contributed by atoms with Gasteiger partial charge in [0, 0.05) is 6.54 Å². The second-order valence-electron chi connectivity index (χ2n) is 3.07. The van der Waals surface area contributed by atoms with Crippen LogP contribution in [0.15, 0.2) is 28.7 Å². The van der Waals surface area contributed by atoms with Gasteiger partial charge in [0.15, 0.2) is 0 Å². The molecule has 0 atom stereocenters. The third kappa shape index (κ3) is 2.93. The van der Waals surface area contributed by atoms with Gasteiger partial charge in [-0.1, -0.05) is 12.2 Å². The lowest BCUT2D eigenvalue weighted by Gasteiger charge is -2.00. The maximum absolute atomic E-state index is 5.37. The Labute approximate surface area is 73.3 Å². The Morgan fingerprint density at radius 3 is 2.83 bits per heavy atom. The highest BCUT2D eigenvalue weighted by Crippen LogP contribution is 2.05. The maximum Gasteiger partial charge on any atom is 0.117 e. The summed E-state index contributed by atoms with van der Waals surface area (Å²) in [6.45, 7) is 9.37. The van der Waals surface area contributed by atoms with Gasteiger partial charge in [-0.05, 0) is 26.0 Å². The Morgan fingerprint density at radius 1 is 1.58 bits per heavy atom. The summed E-state index contributed by atoms with van der Waals surface area (Å²) in [5.74, 6) is 1.94.